The van der Waals surface area contributed by atoms with E-state index >= 15 is 0 Å². The second kappa shape index (κ2) is 8.78. The number of carbonyl (C=O) groups excluding carboxylic acids is 2. The molecule has 2 rings (SSSR count). The fourth-order valence-corrected chi connectivity index (χ4v) is 2.64. The molecule has 0 aliphatic carbocycles. The summed E-state index contributed by atoms with van der Waals surface area (Å²) in [7, 11) is 3.00. The van der Waals surface area contributed by atoms with Crippen molar-refractivity contribution in [2.24, 2.45) is 0 Å². The lowest BCUT2D eigenvalue weighted by atomic mass is 10.2. The van der Waals surface area contributed by atoms with Crippen molar-refractivity contribution < 1.29 is 19.1 Å². The molecule has 138 valence electrons. The van der Waals surface area contributed by atoms with Crippen molar-refractivity contribution in [2.45, 2.75) is 6.92 Å². The third-order valence-corrected chi connectivity index (χ3v) is 4.13. The molecule has 0 radical (unpaired) electrons. The zero-order chi connectivity index (χ0) is 19.3. The monoisotopic (exact) mass is 396 g/mol. The lowest BCUT2D eigenvalue weighted by Crippen LogP contribution is -2.37. The number of ether oxygens (including phenoxy) is 2. The van der Waals surface area contributed by atoms with Crippen LogP contribution in [0.15, 0.2) is 36.4 Å². The van der Waals surface area contributed by atoms with Gasteiger partial charge in [0, 0.05) is 18.0 Å². The summed E-state index contributed by atoms with van der Waals surface area (Å²) in [5.41, 5.74) is 0.822. The zero-order valence-corrected chi connectivity index (χ0v) is 16.0. The van der Waals surface area contributed by atoms with Crippen LogP contribution in [0.1, 0.15) is 6.92 Å². The van der Waals surface area contributed by atoms with Crippen LogP contribution in [-0.4, -0.2) is 32.6 Å². The molecule has 0 aliphatic heterocycles. The Hall–Kier alpha value is -2.44. The van der Waals surface area contributed by atoms with Gasteiger partial charge in [-0.3, -0.25) is 14.5 Å². The lowest BCUT2D eigenvalue weighted by molar-refractivity contribution is -0.120. The maximum Gasteiger partial charge on any atom is 0.244 e. The van der Waals surface area contributed by atoms with E-state index in [0.717, 1.165) is 0 Å². The van der Waals surface area contributed by atoms with Crippen LogP contribution in [0.25, 0.3) is 0 Å². The van der Waals surface area contributed by atoms with E-state index in [-0.39, 0.29) is 12.5 Å². The first-order valence-electron chi connectivity index (χ1n) is 7.60. The molecule has 1 N–H and O–H groups in total. The first-order chi connectivity index (χ1) is 12.3. The predicted octanol–water partition coefficient (Wildman–Crippen LogP) is 4.00. The summed E-state index contributed by atoms with van der Waals surface area (Å²) in [6.45, 7) is 1.14. The molecule has 0 saturated heterocycles. The number of halogens is 2. The molecule has 8 heteroatoms. The van der Waals surface area contributed by atoms with Gasteiger partial charge in [-0.1, -0.05) is 23.2 Å². The van der Waals surface area contributed by atoms with Crippen molar-refractivity contribution in [2.75, 3.05) is 31.0 Å². The summed E-state index contributed by atoms with van der Waals surface area (Å²) in [6, 6.07) is 9.70. The standard InChI is InChI=1S/C18H18Cl2N2O4/c1-11(23)22(16-7-5-13(25-2)9-17(16)26-3)10-18(24)21-15-8-12(19)4-6-14(15)20/h4-9H,10H2,1-3H3,(H,21,24). The van der Waals surface area contributed by atoms with E-state index < -0.39 is 5.91 Å². The van der Waals surface area contributed by atoms with E-state index in [2.05, 4.69) is 5.32 Å². The Morgan fingerprint density at radius 2 is 1.81 bits per heavy atom. The second-order valence-electron chi connectivity index (χ2n) is 5.32. The Labute approximate surface area is 161 Å². The molecule has 2 aromatic carbocycles. The number of nitrogens with one attached hydrogen (secondary N) is 1. The minimum absolute atomic E-state index is 0.221. The normalized spacial score (nSPS) is 10.2. The van der Waals surface area contributed by atoms with E-state index in [9.17, 15) is 9.59 Å². The molecular weight excluding hydrogens is 379 g/mol. The van der Waals surface area contributed by atoms with Crippen LogP contribution in [0.5, 0.6) is 11.5 Å². The van der Waals surface area contributed by atoms with Crippen LogP contribution in [0.3, 0.4) is 0 Å². The third kappa shape index (κ3) is 4.80. The van der Waals surface area contributed by atoms with Crippen molar-refractivity contribution in [3.8, 4) is 11.5 Å². The molecule has 0 unspecified atom stereocenters. The average Bonchev–Trinajstić information content (AvgIpc) is 2.62. The third-order valence-electron chi connectivity index (χ3n) is 3.56. The van der Waals surface area contributed by atoms with Gasteiger partial charge in [0.2, 0.25) is 11.8 Å². The fraction of sp³-hybridized carbons (Fsp3) is 0.222. The fourth-order valence-electron chi connectivity index (χ4n) is 2.30. The second-order valence-corrected chi connectivity index (χ2v) is 6.16. The Kier molecular flexibility index (Phi) is 6.71. The summed E-state index contributed by atoms with van der Waals surface area (Å²) in [5, 5.41) is 3.43. The van der Waals surface area contributed by atoms with Crippen LogP contribution in [-0.2, 0) is 9.59 Å². The average molecular weight is 397 g/mol. The van der Waals surface area contributed by atoms with Crippen LogP contribution in [0, 0.1) is 0 Å². The van der Waals surface area contributed by atoms with Gasteiger partial charge >= 0.3 is 0 Å². The van der Waals surface area contributed by atoms with Crippen molar-refractivity contribution in [3.05, 3.63) is 46.4 Å². The summed E-state index contributed by atoms with van der Waals surface area (Å²) in [4.78, 5) is 25.8. The first-order valence-corrected chi connectivity index (χ1v) is 8.36. The van der Waals surface area contributed by atoms with Gasteiger partial charge in [0.05, 0.1) is 30.6 Å². The van der Waals surface area contributed by atoms with Gasteiger partial charge in [-0.15, -0.1) is 0 Å². The minimum Gasteiger partial charge on any atom is -0.497 e. The zero-order valence-electron chi connectivity index (χ0n) is 14.5. The molecule has 0 atom stereocenters. The summed E-state index contributed by atoms with van der Waals surface area (Å²) < 4.78 is 10.5. The predicted molar refractivity (Wildman–Crippen MR) is 103 cm³/mol. The number of carbonyl (C=O) groups is 2. The van der Waals surface area contributed by atoms with Gasteiger partial charge in [0.1, 0.15) is 18.0 Å². The van der Waals surface area contributed by atoms with E-state index in [1.807, 2.05) is 0 Å². The number of rotatable bonds is 6. The molecule has 0 saturated carbocycles. The maximum absolute atomic E-state index is 12.4. The maximum atomic E-state index is 12.4. The van der Waals surface area contributed by atoms with E-state index in [0.29, 0.717) is 32.9 Å². The largest absolute Gasteiger partial charge is 0.497 e. The summed E-state index contributed by atoms with van der Waals surface area (Å²) in [6.07, 6.45) is 0. The number of methoxy groups -OCH3 is 2. The molecule has 0 spiro atoms. The quantitative estimate of drug-likeness (QED) is 0.800. The van der Waals surface area contributed by atoms with Gasteiger partial charge in [-0.2, -0.15) is 0 Å². The first kappa shape index (κ1) is 19.9. The van der Waals surface area contributed by atoms with Gasteiger partial charge in [-0.25, -0.2) is 0 Å². The van der Waals surface area contributed by atoms with Gasteiger partial charge < -0.3 is 14.8 Å². The van der Waals surface area contributed by atoms with Gasteiger partial charge in [-0.05, 0) is 30.3 Å². The molecule has 0 aromatic heterocycles. The number of hydrogen-bond acceptors (Lipinski definition) is 4. The molecule has 26 heavy (non-hydrogen) atoms. The summed E-state index contributed by atoms with van der Waals surface area (Å²) >= 11 is 12.0. The highest BCUT2D eigenvalue weighted by Gasteiger charge is 2.20. The molecule has 6 nitrogen and oxygen atoms in total. The number of hydrogen-bond donors (Lipinski definition) is 1. The Morgan fingerprint density at radius 1 is 1.08 bits per heavy atom. The van der Waals surface area contributed by atoms with Crippen LogP contribution < -0.4 is 19.7 Å². The van der Waals surface area contributed by atoms with Crippen LogP contribution in [0.2, 0.25) is 10.0 Å². The highest BCUT2D eigenvalue weighted by atomic mass is 35.5. The number of amides is 2. The smallest absolute Gasteiger partial charge is 0.244 e. The Morgan fingerprint density at radius 3 is 2.42 bits per heavy atom. The molecule has 0 fully saturated rings. The molecule has 0 bridgehead atoms. The number of nitrogens with zero attached hydrogens (tertiary/aromatic N) is 1. The Balaban J connectivity index is 2.24. The van der Waals surface area contributed by atoms with Gasteiger partial charge in [0.15, 0.2) is 0 Å². The van der Waals surface area contributed by atoms with Crippen molar-refractivity contribution in [1.29, 1.82) is 0 Å². The topological polar surface area (TPSA) is 67.9 Å². The number of anilines is 2. The van der Waals surface area contributed by atoms with E-state index in [4.69, 9.17) is 32.7 Å². The van der Waals surface area contributed by atoms with Crippen LogP contribution in [0.4, 0.5) is 11.4 Å². The van der Waals surface area contributed by atoms with Gasteiger partial charge in [0.25, 0.3) is 0 Å². The molecule has 0 aliphatic rings. The molecule has 2 aromatic rings. The Bertz CT molecular complexity index is 827. The summed E-state index contributed by atoms with van der Waals surface area (Å²) in [5.74, 6) is 0.237. The number of benzene rings is 2. The van der Waals surface area contributed by atoms with Crippen LogP contribution >= 0.6 is 23.2 Å². The SMILES string of the molecule is COc1ccc(N(CC(=O)Nc2cc(Cl)ccc2Cl)C(C)=O)c(OC)c1. The minimum atomic E-state index is -0.428. The van der Waals surface area contributed by atoms with E-state index in [1.54, 1.807) is 30.3 Å². The lowest BCUT2D eigenvalue weighted by Gasteiger charge is -2.23. The van der Waals surface area contributed by atoms with Crippen molar-refractivity contribution in [3.63, 3.8) is 0 Å². The van der Waals surface area contributed by atoms with Crippen molar-refractivity contribution in [1.82, 2.24) is 0 Å². The van der Waals surface area contributed by atoms with E-state index in [1.165, 1.54) is 32.1 Å². The highest BCUT2D eigenvalue weighted by molar-refractivity contribution is 6.35. The van der Waals surface area contributed by atoms with Crippen molar-refractivity contribution >= 4 is 46.4 Å². The molecule has 0 heterocycles. The molecular formula is C18H18Cl2N2O4. The highest BCUT2D eigenvalue weighted by Crippen LogP contribution is 2.32. The molecule has 2 amide bonds.